The zero-order valence-corrected chi connectivity index (χ0v) is 60.3. The highest BCUT2D eigenvalue weighted by Gasteiger charge is 2.20. The van der Waals surface area contributed by atoms with Crippen LogP contribution in [-0.2, 0) is 14.3 Å². The summed E-state index contributed by atoms with van der Waals surface area (Å²) in [4.78, 5) is 24.7. The summed E-state index contributed by atoms with van der Waals surface area (Å²) in [6.07, 6.45) is 98.9. The molecule has 0 radical (unpaired) electrons. The highest BCUT2D eigenvalue weighted by Crippen LogP contribution is 2.21. The molecule has 0 saturated heterocycles. The van der Waals surface area contributed by atoms with Crippen LogP contribution in [0.3, 0.4) is 0 Å². The van der Waals surface area contributed by atoms with Crippen molar-refractivity contribution in [1.29, 1.82) is 0 Å². The SMILES string of the molecule is CCCCCCCC/C=C\CCCCCCCCCCCC(=O)OCCCCCCCCCCCCCCCCCCCCCCCCCCCCCCCCCCCCCC(=O)NC(CO)C(O)CCCCCCCCCCCCCCCCCCC. The predicted octanol–water partition coefficient (Wildman–Crippen LogP) is 27.1. The van der Waals surface area contributed by atoms with Gasteiger partial charge in [-0.2, -0.15) is 0 Å². The monoisotopic (exact) mass is 1240 g/mol. The number of amides is 1. The number of rotatable bonds is 78. The van der Waals surface area contributed by atoms with Gasteiger partial charge >= 0.3 is 5.97 Å². The molecule has 1 amide bonds. The third-order valence-electron chi connectivity index (χ3n) is 19.6. The van der Waals surface area contributed by atoms with Crippen molar-refractivity contribution in [1.82, 2.24) is 5.32 Å². The summed E-state index contributed by atoms with van der Waals surface area (Å²) in [5.74, 6) is -0.00135. The Hall–Kier alpha value is -1.40. The maximum atomic E-state index is 12.5. The average Bonchev–Trinajstić information content (AvgIpc) is 3.58. The predicted molar refractivity (Wildman–Crippen MR) is 389 cm³/mol. The molecule has 0 aromatic heterocycles. The second-order valence-corrected chi connectivity index (χ2v) is 28.5. The molecule has 0 bridgehead atoms. The summed E-state index contributed by atoms with van der Waals surface area (Å²) in [5, 5.41) is 23.4. The van der Waals surface area contributed by atoms with E-state index >= 15 is 0 Å². The van der Waals surface area contributed by atoms with E-state index in [1.807, 2.05) is 0 Å². The van der Waals surface area contributed by atoms with Crippen molar-refractivity contribution in [3.63, 3.8) is 0 Å². The van der Waals surface area contributed by atoms with Gasteiger partial charge in [0.25, 0.3) is 0 Å². The van der Waals surface area contributed by atoms with E-state index in [-0.39, 0.29) is 18.5 Å². The maximum Gasteiger partial charge on any atom is 0.305 e. The molecule has 0 aliphatic rings. The lowest BCUT2D eigenvalue weighted by atomic mass is 10.0. The first-order chi connectivity index (χ1) is 43.5. The molecule has 524 valence electrons. The van der Waals surface area contributed by atoms with Crippen LogP contribution in [0.2, 0.25) is 0 Å². The van der Waals surface area contributed by atoms with Crippen LogP contribution in [0.5, 0.6) is 0 Å². The first-order valence-corrected chi connectivity index (χ1v) is 40.9. The molecule has 2 atom stereocenters. The molecule has 3 N–H and O–H groups in total. The summed E-state index contributed by atoms with van der Waals surface area (Å²) in [6, 6.07) is -0.537. The Morgan fingerprint density at radius 1 is 0.307 bits per heavy atom. The number of carbonyl (C=O) groups is 2. The number of ether oxygens (including phenoxy) is 1. The van der Waals surface area contributed by atoms with Gasteiger partial charge in [0.15, 0.2) is 0 Å². The number of esters is 1. The zero-order valence-electron chi connectivity index (χ0n) is 60.3. The molecule has 0 fully saturated rings. The molecule has 0 rings (SSSR count). The van der Waals surface area contributed by atoms with Gasteiger partial charge in [-0.15, -0.1) is 0 Å². The molecular weight excluding hydrogens is 1080 g/mol. The van der Waals surface area contributed by atoms with Crippen molar-refractivity contribution in [2.24, 2.45) is 0 Å². The number of aliphatic hydroxyl groups is 2. The van der Waals surface area contributed by atoms with E-state index in [0.717, 1.165) is 38.5 Å². The summed E-state index contributed by atoms with van der Waals surface area (Å²) in [5.41, 5.74) is 0. The van der Waals surface area contributed by atoms with Crippen LogP contribution in [0.25, 0.3) is 0 Å². The maximum absolute atomic E-state index is 12.5. The van der Waals surface area contributed by atoms with Crippen molar-refractivity contribution < 1.29 is 24.5 Å². The van der Waals surface area contributed by atoms with Gasteiger partial charge in [-0.05, 0) is 51.4 Å². The molecule has 6 nitrogen and oxygen atoms in total. The number of aliphatic hydroxyl groups excluding tert-OH is 2. The summed E-state index contributed by atoms with van der Waals surface area (Å²) in [6.45, 7) is 5.01. The highest BCUT2D eigenvalue weighted by atomic mass is 16.5. The van der Waals surface area contributed by atoms with E-state index in [1.54, 1.807) is 0 Å². The van der Waals surface area contributed by atoms with Crippen molar-refractivity contribution in [2.75, 3.05) is 13.2 Å². The largest absolute Gasteiger partial charge is 0.466 e. The van der Waals surface area contributed by atoms with Gasteiger partial charge in [-0.3, -0.25) is 9.59 Å². The van der Waals surface area contributed by atoms with Gasteiger partial charge in [-0.25, -0.2) is 0 Å². The van der Waals surface area contributed by atoms with Crippen LogP contribution >= 0.6 is 0 Å². The van der Waals surface area contributed by atoms with E-state index in [1.165, 1.54) is 405 Å². The van der Waals surface area contributed by atoms with Crippen LogP contribution in [0, 0.1) is 0 Å². The van der Waals surface area contributed by atoms with Gasteiger partial charge in [0.1, 0.15) is 0 Å². The smallest absolute Gasteiger partial charge is 0.305 e. The van der Waals surface area contributed by atoms with Crippen LogP contribution in [0.4, 0.5) is 0 Å². The molecule has 0 aliphatic heterocycles. The quantitative estimate of drug-likeness (QED) is 0.0320. The molecule has 0 saturated carbocycles. The molecule has 6 heteroatoms. The molecule has 0 aliphatic carbocycles. The van der Waals surface area contributed by atoms with Crippen LogP contribution in [0.15, 0.2) is 12.2 Å². The number of hydrogen-bond acceptors (Lipinski definition) is 5. The third-order valence-corrected chi connectivity index (χ3v) is 19.6. The van der Waals surface area contributed by atoms with E-state index in [4.69, 9.17) is 4.74 Å². The number of allylic oxidation sites excluding steroid dienone is 2. The summed E-state index contributed by atoms with van der Waals surface area (Å²) < 4.78 is 5.52. The Labute approximate surface area is 552 Å². The van der Waals surface area contributed by atoms with Crippen LogP contribution in [-0.4, -0.2) is 47.4 Å². The van der Waals surface area contributed by atoms with E-state index < -0.39 is 12.1 Å². The molecular formula is C82H161NO5. The molecule has 0 aromatic rings. The van der Waals surface area contributed by atoms with E-state index in [0.29, 0.717) is 25.9 Å². The Kier molecular flexibility index (Phi) is 76.8. The van der Waals surface area contributed by atoms with Gasteiger partial charge in [0.2, 0.25) is 5.91 Å². The van der Waals surface area contributed by atoms with E-state index in [2.05, 4.69) is 31.3 Å². The standard InChI is InChI=1S/C82H161NO5/c1-3-5-7-9-11-13-15-17-19-21-39-44-48-52-56-60-64-68-72-76-82(87)88-77-73-69-65-61-57-53-49-45-41-38-36-34-32-30-28-26-24-22-23-25-27-29-31-33-35-37-40-43-47-51-55-59-63-67-71-75-81(86)83-79(78-84)80(85)74-70-66-62-58-54-50-46-42-20-18-16-14-12-10-8-6-4-2/h17,19,79-80,84-85H,3-16,18,20-78H2,1-2H3,(H,83,86)/b19-17-. The lowest BCUT2D eigenvalue weighted by molar-refractivity contribution is -0.143. The number of carbonyl (C=O) groups excluding carboxylic acids is 2. The Morgan fingerprint density at radius 3 is 0.807 bits per heavy atom. The zero-order chi connectivity index (χ0) is 63.5. The Balaban J connectivity index is 3.29. The Morgan fingerprint density at radius 2 is 0.534 bits per heavy atom. The second-order valence-electron chi connectivity index (χ2n) is 28.5. The molecule has 0 heterocycles. The fourth-order valence-electron chi connectivity index (χ4n) is 13.3. The van der Waals surface area contributed by atoms with Gasteiger partial charge < -0.3 is 20.3 Å². The molecule has 0 spiro atoms. The van der Waals surface area contributed by atoms with Crippen molar-refractivity contribution in [3.05, 3.63) is 12.2 Å². The van der Waals surface area contributed by atoms with Gasteiger partial charge in [-0.1, -0.05) is 424 Å². The minimum absolute atomic E-state index is 0.0235. The average molecular weight is 1240 g/mol. The van der Waals surface area contributed by atoms with Crippen molar-refractivity contribution >= 4 is 11.9 Å². The minimum Gasteiger partial charge on any atom is -0.466 e. The number of nitrogens with one attached hydrogen (secondary N) is 1. The normalized spacial score (nSPS) is 12.5. The van der Waals surface area contributed by atoms with Crippen molar-refractivity contribution in [3.8, 4) is 0 Å². The third kappa shape index (κ3) is 73.6. The lowest BCUT2D eigenvalue weighted by Gasteiger charge is -2.22. The highest BCUT2D eigenvalue weighted by molar-refractivity contribution is 5.76. The fraction of sp³-hybridized carbons (Fsp3) is 0.951. The first-order valence-electron chi connectivity index (χ1n) is 40.9. The lowest BCUT2D eigenvalue weighted by Crippen LogP contribution is -2.45. The Bertz CT molecular complexity index is 1340. The van der Waals surface area contributed by atoms with Crippen LogP contribution < -0.4 is 5.32 Å². The second kappa shape index (κ2) is 78.0. The summed E-state index contributed by atoms with van der Waals surface area (Å²) >= 11 is 0. The van der Waals surface area contributed by atoms with Gasteiger partial charge in [0, 0.05) is 12.8 Å². The number of unbranched alkanes of at least 4 members (excludes halogenated alkanes) is 65. The summed E-state index contributed by atoms with van der Waals surface area (Å²) in [7, 11) is 0. The molecule has 2 unspecified atom stereocenters. The van der Waals surface area contributed by atoms with Gasteiger partial charge in [0.05, 0.1) is 25.4 Å². The minimum atomic E-state index is -0.660. The topological polar surface area (TPSA) is 95.9 Å². The van der Waals surface area contributed by atoms with Crippen molar-refractivity contribution in [2.45, 2.75) is 488 Å². The van der Waals surface area contributed by atoms with Crippen LogP contribution in [0.1, 0.15) is 476 Å². The fourth-order valence-corrected chi connectivity index (χ4v) is 13.3. The molecule has 0 aromatic carbocycles. The number of hydrogen-bond donors (Lipinski definition) is 3. The van der Waals surface area contributed by atoms with E-state index in [9.17, 15) is 19.8 Å². The molecule has 88 heavy (non-hydrogen) atoms. The first kappa shape index (κ1) is 86.6.